The number of likely N-dealkylation sites (N-methyl/N-ethyl adjacent to an activating group) is 1. The van der Waals surface area contributed by atoms with Gasteiger partial charge in [-0.25, -0.2) is 0 Å². The first kappa shape index (κ1) is 15.7. The van der Waals surface area contributed by atoms with E-state index in [1.54, 1.807) is 0 Å². The van der Waals surface area contributed by atoms with E-state index in [1.807, 2.05) is 11.9 Å². The second-order valence-electron chi connectivity index (χ2n) is 5.97. The molecule has 0 unspecified atom stereocenters. The first-order chi connectivity index (χ1) is 9.63. The van der Waals surface area contributed by atoms with Gasteiger partial charge in [0.2, 0.25) is 5.91 Å². The van der Waals surface area contributed by atoms with Crippen LogP contribution < -0.4 is 5.73 Å². The maximum atomic E-state index is 10.9. The predicted octanol–water partition coefficient (Wildman–Crippen LogP) is -0.469. The number of nitrogens with two attached hydrogens (primary N) is 1. The predicted molar refractivity (Wildman–Crippen MR) is 76.4 cm³/mol. The minimum atomic E-state index is -0.289. The van der Waals surface area contributed by atoms with Crippen molar-refractivity contribution in [3.05, 3.63) is 0 Å². The quantitative estimate of drug-likeness (QED) is 0.715. The first-order valence-corrected chi connectivity index (χ1v) is 7.52. The summed E-state index contributed by atoms with van der Waals surface area (Å²) in [6, 6.07) is 0. The molecule has 0 radical (unpaired) electrons. The summed E-state index contributed by atoms with van der Waals surface area (Å²) in [6.45, 7) is 6.72. The van der Waals surface area contributed by atoms with Crippen LogP contribution in [0.25, 0.3) is 0 Å². The molecule has 2 saturated heterocycles. The number of carbonyl (C=O) groups excluding carboxylic acids is 1. The van der Waals surface area contributed by atoms with Crippen molar-refractivity contribution in [3.8, 4) is 0 Å². The van der Waals surface area contributed by atoms with Gasteiger partial charge in [-0.05, 0) is 25.8 Å². The lowest BCUT2D eigenvalue weighted by Crippen LogP contribution is -2.49. The number of ether oxygens (including phenoxy) is 2. The van der Waals surface area contributed by atoms with E-state index in [0.717, 1.165) is 51.9 Å². The van der Waals surface area contributed by atoms with Gasteiger partial charge in [0.05, 0.1) is 19.3 Å². The molecule has 0 aromatic rings. The lowest BCUT2D eigenvalue weighted by Gasteiger charge is -2.37. The van der Waals surface area contributed by atoms with Crippen LogP contribution in [0.3, 0.4) is 0 Å². The zero-order valence-corrected chi connectivity index (χ0v) is 12.4. The highest BCUT2D eigenvalue weighted by Gasteiger charge is 2.25. The monoisotopic (exact) mass is 285 g/mol. The molecular formula is C14H27N3O3. The lowest BCUT2D eigenvalue weighted by molar-refractivity contribution is -0.119. The number of morpholine rings is 1. The molecule has 1 amide bonds. The van der Waals surface area contributed by atoms with Crippen molar-refractivity contribution in [2.24, 2.45) is 11.7 Å². The van der Waals surface area contributed by atoms with Crippen LogP contribution in [0.2, 0.25) is 0 Å². The maximum Gasteiger partial charge on any atom is 0.231 e. The lowest BCUT2D eigenvalue weighted by atomic mass is 9.99. The fourth-order valence-electron chi connectivity index (χ4n) is 3.03. The van der Waals surface area contributed by atoms with E-state index in [1.165, 1.54) is 12.8 Å². The van der Waals surface area contributed by atoms with Gasteiger partial charge in [0.25, 0.3) is 0 Å². The highest BCUT2D eigenvalue weighted by atomic mass is 16.5. The molecule has 0 aliphatic carbocycles. The van der Waals surface area contributed by atoms with E-state index in [0.29, 0.717) is 6.54 Å². The van der Waals surface area contributed by atoms with Gasteiger partial charge >= 0.3 is 0 Å². The molecule has 0 bridgehead atoms. The van der Waals surface area contributed by atoms with E-state index in [4.69, 9.17) is 15.2 Å². The summed E-state index contributed by atoms with van der Waals surface area (Å²) in [4.78, 5) is 15.3. The summed E-state index contributed by atoms with van der Waals surface area (Å²) in [6.07, 6.45) is 2.51. The fraction of sp³-hybridized carbons (Fsp3) is 0.929. The molecule has 2 heterocycles. The molecule has 2 aliphatic heterocycles. The molecule has 1 atom stereocenters. The topological polar surface area (TPSA) is 68.0 Å². The van der Waals surface area contributed by atoms with Crippen LogP contribution in [-0.4, -0.2) is 81.4 Å². The molecule has 6 heteroatoms. The maximum absolute atomic E-state index is 10.9. The third-order valence-corrected chi connectivity index (χ3v) is 4.02. The molecule has 2 N–H and O–H groups in total. The molecule has 2 rings (SSSR count). The molecule has 2 aliphatic rings. The Morgan fingerprint density at radius 3 is 2.80 bits per heavy atom. The van der Waals surface area contributed by atoms with Crippen molar-refractivity contribution in [1.29, 1.82) is 0 Å². The van der Waals surface area contributed by atoms with Gasteiger partial charge < -0.3 is 15.2 Å². The zero-order valence-electron chi connectivity index (χ0n) is 12.4. The number of amides is 1. The fourth-order valence-corrected chi connectivity index (χ4v) is 3.03. The Labute approximate surface area is 121 Å². The number of hydrogen-bond acceptors (Lipinski definition) is 5. The number of nitrogens with zero attached hydrogens (tertiary/aromatic N) is 2. The molecule has 0 aromatic heterocycles. The number of hydrogen-bond donors (Lipinski definition) is 1. The molecular weight excluding hydrogens is 258 g/mol. The summed E-state index contributed by atoms with van der Waals surface area (Å²) < 4.78 is 11.2. The van der Waals surface area contributed by atoms with Crippen LogP contribution in [0.15, 0.2) is 0 Å². The van der Waals surface area contributed by atoms with E-state index in [2.05, 4.69) is 4.90 Å². The van der Waals surface area contributed by atoms with Crippen molar-refractivity contribution in [2.45, 2.75) is 18.9 Å². The molecule has 116 valence electrons. The summed E-state index contributed by atoms with van der Waals surface area (Å²) in [5.41, 5.74) is 5.21. The smallest absolute Gasteiger partial charge is 0.231 e. The highest BCUT2D eigenvalue weighted by molar-refractivity contribution is 5.75. The van der Waals surface area contributed by atoms with Crippen LogP contribution in [0.4, 0.5) is 0 Å². The standard InChI is InChI=1S/C14H27N3O3/c1-16(11-14(15)18)9-13-10-17(4-7-20-13)8-12-2-5-19-6-3-12/h12-13H,2-11H2,1H3,(H2,15,18)/t13-/m0/s1. The summed E-state index contributed by atoms with van der Waals surface area (Å²) in [5.74, 6) is 0.466. The Bertz CT molecular complexity index is 308. The number of primary amides is 1. The van der Waals surface area contributed by atoms with Gasteiger partial charge in [-0.2, -0.15) is 0 Å². The number of rotatable bonds is 6. The first-order valence-electron chi connectivity index (χ1n) is 7.52. The molecule has 0 spiro atoms. The van der Waals surface area contributed by atoms with E-state index < -0.39 is 0 Å². The van der Waals surface area contributed by atoms with Crippen LogP contribution in [-0.2, 0) is 14.3 Å². The van der Waals surface area contributed by atoms with Crippen LogP contribution >= 0.6 is 0 Å². The minimum Gasteiger partial charge on any atom is -0.381 e. The minimum absolute atomic E-state index is 0.174. The molecule has 6 nitrogen and oxygen atoms in total. The Kier molecular flexibility index (Phi) is 6.22. The van der Waals surface area contributed by atoms with Gasteiger partial charge in [-0.3, -0.25) is 14.6 Å². The Balaban J connectivity index is 1.71. The Morgan fingerprint density at radius 1 is 1.35 bits per heavy atom. The zero-order chi connectivity index (χ0) is 14.4. The van der Waals surface area contributed by atoms with E-state index in [9.17, 15) is 4.79 Å². The van der Waals surface area contributed by atoms with Crippen LogP contribution in [0.5, 0.6) is 0 Å². The summed E-state index contributed by atoms with van der Waals surface area (Å²) >= 11 is 0. The number of carbonyl (C=O) groups is 1. The summed E-state index contributed by atoms with van der Waals surface area (Å²) in [7, 11) is 1.91. The highest BCUT2D eigenvalue weighted by Crippen LogP contribution is 2.17. The van der Waals surface area contributed by atoms with Gasteiger partial charge in [0.15, 0.2) is 0 Å². The largest absolute Gasteiger partial charge is 0.381 e. The molecule has 0 aromatic carbocycles. The van der Waals surface area contributed by atoms with Gasteiger partial charge in [0.1, 0.15) is 0 Å². The molecule has 2 fully saturated rings. The van der Waals surface area contributed by atoms with Crippen molar-refractivity contribution in [1.82, 2.24) is 9.80 Å². The molecule has 20 heavy (non-hydrogen) atoms. The van der Waals surface area contributed by atoms with Gasteiger partial charge in [0, 0.05) is 39.4 Å². The molecule has 0 saturated carbocycles. The normalized spacial score (nSPS) is 26.0. The van der Waals surface area contributed by atoms with E-state index in [-0.39, 0.29) is 12.0 Å². The van der Waals surface area contributed by atoms with Crippen molar-refractivity contribution >= 4 is 5.91 Å². The van der Waals surface area contributed by atoms with Crippen LogP contribution in [0, 0.1) is 5.92 Å². The van der Waals surface area contributed by atoms with Crippen molar-refractivity contribution < 1.29 is 14.3 Å². The summed E-state index contributed by atoms with van der Waals surface area (Å²) in [5, 5.41) is 0. The average Bonchev–Trinajstić information content (AvgIpc) is 2.39. The Morgan fingerprint density at radius 2 is 2.10 bits per heavy atom. The second kappa shape index (κ2) is 7.93. The van der Waals surface area contributed by atoms with Crippen molar-refractivity contribution in [2.75, 3.05) is 59.6 Å². The van der Waals surface area contributed by atoms with Crippen molar-refractivity contribution in [3.63, 3.8) is 0 Å². The van der Waals surface area contributed by atoms with Crippen LogP contribution in [0.1, 0.15) is 12.8 Å². The Hall–Kier alpha value is -0.690. The van der Waals surface area contributed by atoms with Gasteiger partial charge in [-0.1, -0.05) is 0 Å². The second-order valence-corrected chi connectivity index (χ2v) is 5.97. The average molecular weight is 285 g/mol. The third kappa shape index (κ3) is 5.36. The third-order valence-electron chi connectivity index (χ3n) is 4.02. The SMILES string of the molecule is CN(CC(N)=O)C[C@H]1CN(CC2CCOCC2)CCO1. The van der Waals surface area contributed by atoms with E-state index >= 15 is 0 Å². The van der Waals surface area contributed by atoms with Gasteiger partial charge in [-0.15, -0.1) is 0 Å².